The summed E-state index contributed by atoms with van der Waals surface area (Å²) in [6.07, 6.45) is 0. The topological polar surface area (TPSA) is 12.9 Å². The first-order valence-corrected chi connectivity index (χ1v) is 10.4. The monoisotopic (exact) mass is 395 g/mol. The number of pyridine rings is 1. The Morgan fingerprint density at radius 3 is 2.29 bits per heavy atom. The minimum atomic E-state index is 0.737. The fourth-order valence-electron chi connectivity index (χ4n) is 4.01. The smallest absolute Gasteiger partial charge is 0.0803 e. The van der Waals surface area contributed by atoms with Gasteiger partial charge in [-0.15, -0.1) is 11.3 Å². The van der Waals surface area contributed by atoms with Crippen molar-refractivity contribution in [3.63, 3.8) is 0 Å². The molecule has 0 radical (unpaired) electrons. The molecule has 0 aliphatic heterocycles. The number of nitrogens with zero attached hydrogens (tertiary/aromatic N) is 1. The van der Waals surface area contributed by atoms with Crippen molar-refractivity contribution in [1.29, 1.82) is 0 Å². The minimum Gasteiger partial charge on any atom is -0.246 e. The van der Waals surface area contributed by atoms with Crippen LogP contribution in [0.1, 0.15) is 0 Å². The zero-order valence-electron chi connectivity index (χ0n) is 14.8. The molecular formula is C25H14ClNS. The van der Waals surface area contributed by atoms with Gasteiger partial charge in [-0.25, -0.2) is 4.98 Å². The average Bonchev–Trinajstić information content (AvgIpc) is 3.13. The fourth-order valence-corrected chi connectivity index (χ4v) is 5.37. The molecule has 0 aliphatic carbocycles. The summed E-state index contributed by atoms with van der Waals surface area (Å²) >= 11 is 7.99. The van der Waals surface area contributed by atoms with Crippen molar-refractivity contribution in [1.82, 2.24) is 4.98 Å². The lowest BCUT2D eigenvalue weighted by atomic mass is 10.00. The van der Waals surface area contributed by atoms with E-state index in [2.05, 4.69) is 72.8 Å². The lowest BCUT2D eigenvalue weighted by molar-refractivity contribution is 1.45. The van der Waals surface area contributed by atoms with E-state index in [4.69, 9.17) is 16.6 Å². The van der Waals surface area contributed by atoms with Crippen LogP contribution < -0.4 is 0 Å². The highest BCUT2D eigenvalue weighted by Gasteiger charge is 2.17. The largest absolute Gasteiger partial charge is 0.246 e. The molecule has 0 unspecified atom stereocenters. The number of rotatable bonds is 1. The van der Waals surface area contributed by atoms with Crippen LogP contribution in [-0.2, 0) is 0 Å². The Balaban J connectivity index is 1.88. The number of thiophene rings is 1. The van der Waals surface area contributed by atoms with Gasteiger partial charge in [0.2, 0.25) is 0 Å². The highest BCUT2D eigenvalue weighted by atomic mass is 35.5. The van der Waals surface area contributed by atoms with Crippen molar-refractivity contribution in [3.8, 4) is 11.3 Å². The van der Waals surface area contributed by atoms with E-state index >= 15 is 0 Å². The van der Waals surface area contributed by atoms with Gasteiger partial charge in [0.15, 0.2) is 0 Å². The van der Waals surface area contributed by atoms with Crippen LogP contribution in [0.2, 0.25) is 5.02 Å². The van der Waals surface area contributed by atoms with Crippen molar-refractivity contribution in [3.05, 3.63) is 90.0 Å². The third-order valence-electron chi connectivity index (χ3n) is 5.32. The van der Waals surface area contributed by atoms with E-state index in [1.54, 1.807) is 0 Å². The van der Waals surface area contributed by atoms with E-state index in [1.165, 1.54) is 36.3 Å². The maximum absolute atomic E-state index is 6.15. The van der Waals surface area contributed by atoms with E-state index in [0.29, 0.717) is 0 Å². The molecule has 3 heteroatoms. The molecule has 0 spiro atoms. The van der Waals surface area contributed by atoms with E-state index in [1.807, 2.05) is 23.5 Å². The van der Waals surface area contributed by atoms with Crippen LogP contribution in [0.15, 0.2) is 84.9 Å². The van der Waals surface area contributed by atoms with E-state index < -0.39 is 0 Å². The maximum atomic E-state index is 6.15. The van der Waals surface area contributed by atoms with Crippen molar-refractivity contribution in [2.75, 3.05) is 0 Å². The normalized spacial score (nSPS) is 11.8. The second-order valence-electron chi connectivity index (χ2n) is 6.95. The van der Waals surface area contributed by atoms with Crippen LogP contribution in [-0.4, -0.2) is 4.98 Å². The number of hydrogen-bond donors (Lipinski definition) is 0. The third-order valence-corrected chi connectivity index (χ3v) is 6.77. The van der Waals surface area contributed by atoms with E-state index in [0.717, 1.165) is 21.8 Å². The summed E-state index contributed by atoms with van der Waals surface area (Å²) in [5.41, 5.74) is 3.17. The number of aromatic nitrogens is 1. The number of hydrogen-bond acceptors (Lipinski definition) is 2. The summed E-state index contributed by atoms with van der Waals surface area (Å²) in [5, 5.41) is 6.84. The standard InChI is InChI=1S/C25H14ClNS/c26-17-12-9-16(10-13-17)23-22-19-7-3-4-8-21(19)28-25(22)20-14-11-15-5-1-2-6-18(15)24(20)27-23/h1-14H. The first-order valence-electron chi connectivity index (χ1n) is 9.18. The SMILES string of the molecule is Clc1ccc(-c2nc3c4ccccc4ccc3c3sc4ccccc4c23)cc1. The molecule has 28 heavy (non-hydrogen) atoms. The zero-order chi connectivity index (χ0) is 18.7. The summed E-state index contributed by atoms with van der Waals surface area (Å²) in [6, 6.07) is 29.5. The molecule has 6 aromatic rings. The van der Waals surface area contributed by atoms with Gasteiger partial charge in [0.1, 0.15) is 0 Å². The molecule has 132 valence electrons. The average molecular weight is 396 g/mol. The van der Waals surface area contributed by atoms with Crippen molar-refractivity contribution < 1.29 is 0 Å². The summed E-state index contributed by atoms with van der Waals surface area (Å²) in [7, 11) is 0. The highest BCUT2D eigenvalue weighted by molar-refractivity contribution is 7.26. The second-order valence-corrected chi connectivity index (χ2v) is 8.44. The van der Waals surface area contributed by atoms with Gasteiger partial charge in [-0.1, -0.05) is 78.3 Å². The Labute approximate surface area is 170 Å². The molecule has 0 amide bonds. The van der Waals surface area contributed by atoms with Gasteiger partial charge < -0.3 is 0 Å². The summed E-state index contributed by atoms with van der Waals surface area (Å²) in [5.74, 6) is 0. The molecule has 0 bridgehead atoms. The summed E-state index contributed by atoms with van der Waals surface area (Å²) in [6.45, 7) is 0. The number of benzene rings is 4. The number of fused-ring (bicyclic) bond motifs is 7. The molecule has 4 aromatic carbocycles. The number of halogens is 1. The lowest BCUT2D eigenvalue weighted by Gasteiger charge is -2.10. The lowest BCUT2D eigenvalue weighted by Crippen LogP contribution is -1.89. The quantitative estimate of drug-likeness (QED) is 0.256. The Morgan fingerprint density at radius 2 is 1.43 bits per heavy atom. The Hall–Kier alpha value is -2.94. The van der Waals surface area contributed by atoms with Gasteiger partial charge in [0.05, 0.1) is 11.2 Å². The van der Waals surface area contributed by atoms with Crippen LogP contribution in [0.4, 0.5) is 0 Å². The molecule has 0 saturated carbocycles. The van der Waals surface area contributed by atoms with Gasteiger partial charge >= 0.3 is 0 Å². The molecule has 0 aliphatic rings. The minimum absolute atomic E-state index is 0.737. The van der Waals surface area contributed by atoms with Crippen LogP contribution in [0.25, 0.3) is 53.1 Å². The first-order chi connectivity index (χ1) is 13.8. The molecule has 0 N–H and O–H groups in total. The van der Waals surface area contributed by atoms with Crippen LogP contribution in [0.5, 0.6) is 0 Å². The van der Waals surface area contributed by atoms with Gasteiger partial charge in [-0.2, -0.15) is 0 Å². The van der Waals surface area contributed by atoms with Crippen LogP contribution in [0, 0.1) is 0 Å². The first kappa shape index (κ1) is 16.1. The molecular weight excluding hydrogens is 382 g/mol. The Morgan fingerprint density at radius 1 is 0.679 bits per heavy atom. The maximum Gasteiger partial charge on any atom is 0.0803 e. The fraction of sp³-hybridized carbons (Fsp3) is 0. The second kappa shape index (κ2) is 6.03. The van der Waals surface area contributed by atoms with Gasteiger partial charge in [0, 0.05) is 41.5 Å². The molecule has 0 saturated heterocycles. The summed E-state index contributed by atoms with van der Waals surface area (Å²) < 4.78 is 2.58. The summed E-state index contributed by atoms with van der Waals surface area (Å²) in [4.78, 5) is 5.22. The van der Waals surface area contributed by atoms with Crippen molar-refractivity contribution in [2.45, 2.75) is 0 Å². The van der Waals surface area contributed by atoms with Crippen molar-refractivity contribution >= 4 is 64.8 Å². The Bertz CT molecular complexity index is 1510. The van der Waals surface area contributed by atoms with Crippen LogP contribution >= 0.6 is 22.9 Å². The molecule has 0 atom stereocenters. The molecule has 2 heterocycles. The molecule has 1 nitrogen and oxygen atoms in total. The molecule has 2 aromatic heterocycles. The van der Waals surface area contributed by atoms with Gasteiger partial charge in [0.25, 0.3) is 0 Å². The van der Waals surface area contributed by atoms with Gasteiger partial charge in [-0.3, -0.25) is 0 Å². The molecule has 0 fully saturated rings. The Kier molecular flexibility index (Phi) is 3.46. The van der Waals surface area contributed by atoms with Crippen LogP contribution in [0.3, 0.4) is 0 Å². The van der Waals surface area contributed by atoms with Crippen molar-refractivity contribution in [2.24, 2.45) is 0 Å². The third kappa shape index (κ3) is 2.29. The van der Waals surface area contributed by atoms with Gasteiger partial charge in [-0.05, 0) is 23.6 Å². The predicted molar refractivity (Wildman–Crippen MR) is 123 cm³/mol. The highest BCUT2D eigenvalue weighted by Crippen LogP contribution is 2.43. The zero-order valence-corrected chi connectivity index (χ0v) is 16.4. The molecule has 6 rings (SSSR count). The van der Waals surface area contributed by atoms with E-state index in [-0.39, 0.29) is 0 Å². The predicted octanol–water partition coefficient (Wildman–Crippen LogP) is 8.08. The van der Waals surface area contributed by atoms with E-state index in [9.17, 15) is 0 Å².